The largest absolute Gasteiger partial charge is 0.373 e. The fourth-order valence-electron chi connectivity index (χ4n) is 2.26. The Hall–Kier alpha value is -1.90. The molecular weight excluding hydrogens is 256 g/mol. The number of nitrogens with one attached hydrogen (secondary N) is 1. The van der Waals surface area contributed by atoms with Crippen molar-refractivity contribution in [2.24, 2.45) is 0 Å². The normalized spacial score (nSPS) is 12.2. The summed E-state index contributed by atoms with van der Waals surface area (Å²) >= 11 is 0. The zero-order chi connectivity index (χ0) is 14.5. The van der Waals surface area contributed by atoms with Gasteiger partial charge in [-0.25, -0.2) is 8.78 Å². The van der Waals surface area contributed by atoms with Gasteiger partial charge in [0.2, 0.25) is 0 Å². The van der Waals surface area contributed by atoms with Crippen molar-refractivity contribution >= 4 is 5.69 Å². The Bertz CT molecular complexity index is 567. The molecular formula is C17H19F2N. The molecule has 0 aliphatic carbocycles. The molecule has 3 heteroatoms. The summed E-state index contributed by atoms with van der Waals surface area (Å²) in [6.07, 6.45) is 1.75. The molecule has 0 aromatic heterocycles. The van der Waals surface area contributed by atoms with E-state index in [1.165, 1.54) is 12.1 Å². The maximum atomic E-state index is 14.1. The van der Waals surface area contributed by atoms with Crippen molar-refractivity contribution in [2.75, 3.05) is 5.32 Å². The summed E-state index contributed by atoms with van der Waals surface area (Å²) < 4.78 is 27.9. The van der Waals surface area contributed by atoms with Gasteiger partial charge in [-0.3, -0.25) is 0 Å². The molecule has 1 nitrogen and oxygen atoms in total. The van der Waals surface area contributed by atoms with Crippen LogP contribution in [0.4, 0.5) is 14.5 Å². The molecule has 0 aliphatic heterocycles. The fourth-order valence-corrected chi connectivity index (χ4v) is 2.26. The number of anilines is 1. The minimum absolute atomic E-state index is 0.0349. The summed E-state index contributed by atoms with van der Waals surface area (Å²) in [5.74, 6) is -1.06. The average molecular weight is 275 g/mol. The van der Waals surface area contributed by atoms with Crippen LogP contribution < -0.4 is 5.32 Å². The second-order valence-electron chi connectivity index (χ2n) is 4.95. The van der Waals surface area contributed by atoms with Gasteiger partial charge in [-0.15, -0.1) is 0 Å². The molecule has 20 heavy (non-hydrogen) atoms. The molecule has 1 unspecified atom stereocenters. The predicted molar refractivity (Wildman–Crippen MR) is 78.8 cm³/mol. The highest BCUT2D eigenvalue weighted by atomic mass is 19.1. The van der Waals surface area contributed by atoms with E-state index in [1.807, 2.05) is 30.3 Å². The van der Waals surface area contributed by atoms with Gasteiger partial charge in [0, 0.05) is 0 Å². The van der Waals surface area contributed by atoms with E-state index in [0.29, 0.717) is 5.56 Å². The third-order valence-electron chi connectivity index (χ3n) is 3.38. The standard InChI is InChI=1S/C17H19F2N/c1-3-7-15(13-8-5-4-6-9-13)20-17-14(18)11-10-12(2)16(17)19/h4-6,8-11,15,20H,3,7H2,1-2H3. The van der Waals surface area contributed by atoms with E-state index < -0.39 is 11.6 Å². The van der Waals surface area contributed by atoms with Gasteiger partial charge in [-0.05, 0) is 30.5 Å². The maximum Gasteiger partial charge on any atom is 0.152 e. The quantitative estimate of drug-likeness (QED) is 0.788. The Kier molecular flexibility index (Phi) is 4.72. The summed E-state index contributed by atoms with van der Waals surface area (Å²) in [6.45, 7) is 3.69. The van der Waals surface area contributed by atoms with Crippen molar-refractivity contribution in [2.45, 2.75) is 32.7 Å². The fraction of sp³-hybridized carbons (Fsp3) is 0.294. The number of aryl methyl sites for hydroxylation is 1. The number of benzene rings is 2. The topological polar surface area (TPSA) is 12.0 Å². The molecule has 2 aromatic carbocycles. The first kappa shape index (κ1) is 14.5. The second kappa shape index (κ2) is 6.51. The smallest absolute Gasteiger partial charge is 0.152 e. The van der Waals surface area contributed by atoms with Gasteiger partial charge in [-0.1, -0.05) is 49.7 Å². The summed E-state index contributed by atoms with van der Waals surface area (Å²) in [5.41, 5.74) is 1.44. The highest BCUT2D eigenvalue weighted by Gasteiger charge is 2.17. The van der Waals surface area contributed by atoms with Crippen LogP contribution in [0.5, 0.6) is 0 Å². The highest BCUT2D eigenvalue weighted by Crippen LogP contribution is 2.28. The van der Waals surface area contributed by atoms with Crippen LogP contribution in [0.2, 0.25) is 0 Å². The molecule has 0 bridgehead atoms. The number of halogens is 2. The van der Waals surface area contributed by atoms with E-state index in [-0.39, 0.29) is 11.7 Å². The Labute approximate surface area is 118 Å². The molecule has 0 aliphatic rings. The lowest BCUT2D eigenvalue weighted by Gasteiger charge is -2.21. The molecule has 0 saturated heterocycles. The van der Waals surface area contributed by atoms with Gasteiger partial charge in [-0.2, -0.15) is 0 Å². The minimum Gasteiger partial charge on any atom is -0.373 e. The van der Waals surface area contributed by atoms with Crippen molar-refractivity contribution in [1.29, 1.82) is 0 Å². The Morgan fingerprint density at radius 1 is 1.05 bits per heavy atom. The van der Waals surface area contributed by atoms with E-state index in [9.17, 15) is 8.78 Å². The molecule has 0 spiro atoms. The molecule has 0 fully saturated rings. The van der Waals surface area contributed by atoms with Crippen LogP contribution in [-0.2, 0) is 0 Å². The zero-order valence-electron chi connectivity index (χ0n) is 11.8. The third-order valence-corrected chi connectivity index (χ3v) is 3.38. The van der Waals surface area contributed by atoms with Gasteiger partial charge in [0.05, 0.1) is 6.04 Å². The van der Waals surface area contributed by atoms with Crippen molar-refractivity contribution in [3.8, 4) is 0 Å². The van der Waals surface area contributed by atoms with Crippen LogP contribution in [-0.4, -0.2) is 0 Å². The first-order valence-corrected chi connectivity index (χ1v) is 6.89. The minimum atomic E-state index is -0.551. The molecule has 2 aromatic rings. The molecule has 1 N–H and O–H groups in total. The Balaban J connectivity index is 2.32. The van der Waals surface area contributed by atoms with Crippen LogP contribution in [0.25, 0.3) is 0 Å². The van der Waals surface area contributed by atoms with E-state index in [2.05, 4.69) is 12.2 Å². The third kappa shape index (κ3) is 3.16. The van der Waals surface area contributed by atoms with Crippen molar-refractivity contribution in [3.63, 3.8) is 0 Å². The van der Waals surface area contributed by atoms with Gasteiger partial charge in [0.1, 0.15) is 11.5 Å². The lowest BCUT2D eigenvalue weighted by atomic mass is 10.0. The van der Waals surface area contributed by atoms with E-state index in [4.69, 9.17) is 0 Å². The van der Waals surface area contributed by atoms with Crippen LogP contribution in [0.15, 0.2) is 42.5 Å². The summed E-state index contributed by atoms with van der Waals surface area (Å²) in [5, 5.41) is 3.02. The molecule has 0 amide bonds. The van der Waals surface area contributed by atoms with Crippen molar-refractivity contribution in [3.05, 3.63) is 65.2 Å². The van der Waals surface area contributed by atoms with Crippen LogP contribution >= 0.6 is 0 Å². The summed E-state index contributed by atoms with van der Waals surface area (Å²) in [4.78, 5) is 0. The second-order valence-corrected chi connectivity index (χ2v) is 4.95. The van der Waals surface area contributed by atoms with E-state index >= 15 is 0 Å². The lowest BCUT2D eigenvalue weighted by molar-refractivity contribution is 0.571. The van der Waals surface area contributed by atoms with Crippen molar-refractivity contribution in [1.82, 2.24) is 0 Å². The molecule has 0 heterocycles. The summed E-state index contributed by atoms with van der Waals surface area (Å²) in [6, 6.07) is 12.4. The highest BCUT2D eigenvalue weighted by molar-refractivity contribution is 5.50. The van der Waals surface area contributed by atoms with Gasteiger partial charge < -0.3 is 5.32 Å². The molecule has 2 rings (SSSR count). The maximum absolute atomic E-state index is 14.1. The number of hydrogen-bond acceptors (Lipinski definition) is 1. The number of hydrogen-bond donors (Lipinski definition) is 1. The predicted octanol–water partition coefficient (Wildman–Crippen LogP) is 5.23. The summed E-state index contributed by atoms with van der Waals surface area (Å²) in [7, 11) is 0. The molecule has 106 valence electrons. The van der Waals surface area contributed by atoms with Gasteiger partial charge in [0.15, 0.2) is 5.82 Å². The van der Waals surface area contributed by atoms with Crippen LogP contribution in [0.1, 0.15) is 36.9 Å². The van der Waals surface area contributed by atoms with Gasteiger partial charge >= 0.3 is 0 Å². The average Bonchev–Trinajstić information content (AvgIpc) is 2.47. The van der Waals surface area contributed by atoms with Crippen molar-refractivity contribution < 1.29 is 8.78 Å². The first-order valence-electron chi connectivity index (χ1n) is 6.89. The molecule has 0 radical (unpaired) electrons. The van der Waals surface area contributed by atoms with Crippen LogP contribution in [0, 0.1) is 18.6 Å². The zero-order valence-corrected chi connectivity index (χ0v) is 11.8. The first-order chi connectivity index (χ1) is 9.63. The number of rotatable bonds is 5. The van der Waals surface area contributed by atoms with E-state index in [1.54, 1.807) is 6.92 Å². The Morgan fingerprint density at radius 3 is 2.40 bits per heavy atom. The monoisotopic (exact) mass is 275 g/mol. The van der Waals surface area contributed by atoms with Crippen LogP contribution in [0.3, 0.4) is 0 Å². The SMILES string of the molecule is CCCC(Nc1c(F)ccc(C)c1F)c1ccccc1. The van der Waals surface area contributed by atoms with Gasteiger partial charge in [0.25, 0.3) is 0 Å². The Morgan fingerprint density at radius 2 is 1.75 bits per heavy atom. The van der Waals surface area contributed by atoms with E-state index in [0.717, 1.165) is 18.4 Å². The molecule has 0 saturated carbocycles. The molecule has 1 atom stereocenters. The lowest BCUT2D eigenvalue weighted by Crippen LogP contribution is -2.13.